The van der Waals surface area contributed by atoms with E-state index in [2.05, 4.69) is 32.4 Å². The number of thiophene rings is 1. The van der Waals surface area contributed by atoms with Crippen LogP contribution >= 0.6 is 34.4 Å². The van der Waals surface area contributed by atoms with Crippen LogP contribution in [0.1, 0.15) is 33.6 Å². The van der Waals surface area contributed by atoms with Gasteiger partial charge in [-0.15, -0.1) is 34.4 Å². The van der Waals surface area contributed by atoms with Crippen LogP contribution in [-0.2, 0) is 17.0 Å². The Bertz CT molecular complexity index is 1280. The van der Waals surface area contributed by atoms with Gasteiger partial charge in [0.2, 0.25) is 5.91 Å². The Balaban J connectivity index is 1.35. The summed E-state index contributed by atoms with van der Waals surface area (Å²) in [6.07, 6.45) is 2.60. The minimum absolute atomic E-state index is 0.114. The maximum absolute atomic E-state index is 12.6. The number of nitrogens with one attached hydrogen (secondary N) is 2. The Hall–Kier alpha value is -2.49. The summed E-state index contributed by atoms with van der Waals surface area (Å²) in [5.41, 5.74) is 2.08. The van der Waals surface area contributed by atoms with Gasteiger partial charge in [-0.1, -0.05) is 30.3 Å². The number of carbonyl (C=O) groups is 1. The van der Waals surface area contributed by atoms with Crippen molar-refractivity contribution in [2.75, 3.05) is 5.32 Å². The molecule has 4 aromatic rings. The number of rotatable bonds is 7. The summed E-state index contributed by atoms with van der Waals surface area (Å²) < 4.78 is 0. The maximum Gasteiger partial charge on any atom is 0.259 e. The molecule has 0 radical (unpaired) electrons. The molecule has 0 aliphatic heterocycles. The van der Waals surface area contributed by atoms with E-state index in [0.717, 1.165) is 26.6 Å². The minimum Gasteiger partial charge on any atom is -0.309 e. The quantitative estimate of drug-likeness (QED) is 0.401. The van der Waals surface area contributed by atoms with E-state index in [1.54, 1.807) is 6.20 Å². The number of aromatic amines is 1. The van der Waals surface area contributed by atoms with Crippen molar-refractivity contribution < 1.29 is 4.79 Å². The molecule has 1 unspecified atom stereocenters. The number of hydrogen-bond donors (Lipinski definition) is 2. The lowest BCUT2D eigenvalue weighted by atomic mass is 10.1. The van der Waals surface area contributed by atoms with Crippen LogP contribution in [0.25, 0.3) is 10.2 Å². The number of aryl methyl sites for hydroxylation is 2. The van der Waals surface area contributed by atoms with E-state index in [-0.39, 0.29) is 16.7 Å². The number of hydrogen-bond acceptors (Lipinski definition) is 7. The van der Waals surface area contributed by atoms with Crippen LogP contribution in [0, 0.1) is 13.8 Å². The molecule has 9 heteroatoms. The van der Waals surface area contributed by atoms with Gasteiger partial charge in [0.05, 0.1) is 16.4 Å². The summed E-state index contributed by atoms with van der Waals surface area (Å²) >= 11 is 4.44. The number of anilines is 1. The second kappa shape index (κ2) is 9.33. The SMILES string of the molecule is Cc1sc2nc(CSC(C)C(=O)Nc3ncc(Cc4ccccc4)s3)[nH]c(=O)c2c1C. The average Bonchev–Trinajstić information content (AvgIpc) is 3.30. The van der Waals surface area contributed by atoms with E-state index in [0.29, 0.717) is 22.1 Å². The number of nitrogens with zero attached hydrogens (tertiary/aromatic N) is 2. The van der Waals surface area contributed by atoms with Gasteiger partial charge in [0.15, 0.2) is 5.13 Å². The lowest BCUT2D eigenvalue weighted by Crippen LogP contribution is -2.22. The van der Waals surface area contributed by atoms with E-state index in [4.69, 9.17) is 0 Å². The summed E-state index contributed by atoms with van der Waals surface area (Å²) in [7, 11) is 0. The van der Waals surface area contributed by atoms with Crippen molar-refractivity contribution in [2.45, 2.75) is 38.2 Å². The number of carbonyl (C=O) groups excluding carboxylic acids is 1. The third-order valence-corrected chi connectivity index (χ3v) is 8.10. The normalized spacial score (nSPS) is 12.2. The van der Waals surface area contributed by atoms with Crippen molar-refractivity contribution in [3.63, 3.8) is 0 Å². The van der Waals surface area contributed by atoms with Crippen LogP contribution in [0.2, 0.25) is 0 Å². The molecule has 0 saturated heterocycles. The first-order valence-electron chi connectivity index (χ1n) is 9.80. The lowest BCUT2D eigenvalue weighted by molar-refractivity contribution is -0.115. The zero-order valence-corrected chi connectivity index (χ0v) is 19.8. The van der Waals surface area contributed by atoms with Crippen molar-refractivity contribution in [1.82, 2.24) is 15.0 Å². The van der Waals surface area contributed by atoms with Gasteiger partial charge in [-0.2, -0.15) is 0 Å². The van der Waals surface area contributed by atoms with Gasteiger partial charge in [-0.05, 0) is 31.9 Å². The molecular formula is C22H22N4O2S3. The highest BCUT2D eigenvalue weighted by molar-refractivity contribution is 7.99. The molecule has 0 aliphatic carbocycles. The molecule has 1 atom stereocenters. The minimum atomic E-state index is -0.311. The zero-order chi connectivity index (χ0) is 22.0. The molecular weight excluding hydrogens is 448 g/mol. The molecule has 3 heterocycles. The average molecular weight is 471 g/mol. The number of thioether (sulfide) groups is 1. The van der Waals surface area contributed by atoms with Gasteiger partial charge in [0.25, 0.3) is 5.56 Å². The highest BCUT2D eigenvalue weighted by Gasteiger charge is 2.17. The van der Waals surface area contributed by atoms with Gasteiger partial charge in [0.1, 0.15) is 10.7 Å². The Labute approximate surface area is 192 Å². The number of benzene rings is 1. The fraction of sp³-hybridized carbons (Fsp3) is 0.273. The Morgan fingerprint density at radius 1 is 1.23 bits per heavy atom. The molecule has 31 heavy (non-hydrogen) atoms. The van der Waals surface area contributed by atoms with E-state index >= 15 is 0 Å². The Morgan fingerprint density at radius 3 is 2.77 bits per heavy atom. The molecule has 0 saturated carbocycles. The van der Waals surface area contributed by atoms with Gasteiger partial charge in [-0.3, -0.25) is 9.59 Å². The number of aromatic nitrogens is 3. The van der Waals surface area contributed by atoms with Crippen molar-refractivity contribution in [3.8, 4) is 0 Å². The second-order valence-electron chi connectivity index (χ2n) is 7.21. The topological polar surface area (TPSA) is 87.7 Å². The van der Waals surface area contributed by atoms with E-state index in [9.17, 15) is 9.59 Å². The fourth-order valence-corrected chi connectivity index (χ4v) is 5.75. The third-order valence-electron chi connectivity index (χ3n) is 4.93. The number of fused-ring (bicyclic) bond motifs is 1. The van der Waals surface area contributed by atoms with Crippen molar-refractivity contribution >= 4 is 55.7 Å². The molecule has 2 N–H and O–H groups in total. The molecule has 4 rings (SSSR count). The first kappa shape index (κ1) is 21.7. The van der Waals surface area contributed by atoms with Crippen LogP contribution in [-0.4, -0.2) is 26.1 Å². The monoisotopic (exact) mass is 470 g/mol. The van der Waals surface area contributed by atoms with Crippen molar-refractivity contribution in [3.05, 3.63) is 73.6 Å². The molecule has 3 aromatic heterocycles. The van der Waals surface area contributed by atoms with Gasteiger partial charge in [0, 0.05) is 22.4 Å². The third kappa shape index (κ3) is 5.06. The molecule has 0 bridgehead atoms. The van der Waals surface area contributed by atoms with Crippen LogP contribution in [0.5, 0.6) is 0 Å². The highest BCUT2D eigenvalue weighted by atomic mass is 32.2. The summed E-state index contributed by atoms with van der Waals surface area (Å²) in [6.45, 7) is 5.77. The Morgan fingerprint density at radius 2 is 2.00 bits per heavy atom. The van der Waals surface area contributed by atoms with Crippen molar-refractivity contribution in [1.29, 1.82) is 0 Å². The summed E-state index contributed by atoms with van der Waals surface area (Å²) in [4.78, 5) is 39.7. The van der Waals surface area contributed by atoms with Crippen molar-refractivity contribution in [2.24, 2.45) is 0 Å². The number of amides is 1. The number of H-pyrrole nitrogens is 1. The second-order valence-corrected chi connectivity index (χ2v) is 10.9. The lowest BCUT2D eigenvalue weighted by Gasteiger charge is -2.10. The molecule has 6 nitrogen and oxygen atoms in total. The summed E-state index contributed by atoms with van der Waals surface area (Å²) in [6, 6.07) is 10.2. The van der Waals surface area contributed by atoms with Crippen LogP contribution < -0.4 is 10.9 Å². The van der Waals surface area contributed by atoms with Gasteiger partial charge >= 0.3 is 0 Å². The summed E-state index contributed by atoms with van der Waals surface area (Å²) in [5.74, 6) is 0.923. The predicted octanol–water partition coefficient (Wildman–Crippen LogP) is 4.91. The summed E-state index contributed by atoms with van der Waals surface area (Å²) in [5, 5.41) is 3.84. The first-order chi connectivity index (χ1) is 14.9. The van der Waals surface area contributed by atoms with E-state index < -0.39 is 0 Å². The largest absolute Gasteiger partial charge is 0.309 e. The van der Waals surface area contributed by atoms with E-state index in [1.807, 2.05) is 39.0 Å². The molecule has 1 amide bonds. The highest BCUT2D eigenvalue weighted by Crippen LogP contribution is 2.27. The van der Waals surface area contributed by atoms with Gasteiger partial charge < -0.3 is 10.3 Å². The molecule has 0 fully saturated rings. The van der Waals surface area contributed by atoms with Gasteiger partial charge in [-0.25, -0.2) is 9.97 Å². The smallest absolute Gasteiger partial charge is 0.259 e. The van der Waals surface area contributed by atoms with Crippen LogP contribution in [0.3, 0.4) is 0 Å². The molecule has 0 aliphatic rings. The van der Waals surface area contributed by atoms with Crippen LogP contribution in [0.15, 0.2) is 41.3 Å². The predicted molar refractivity (Wildman–Crippen MR) is 130 cm³/mol. The molecule has 1 aromatic carbocycles. The van der Waals surface area contributed by atoms with E-state index in [1.165, 1.54) is 40.0 Å². The maximum atomic E-state index is 12.6. The molecule has 160 valence electrons. The number of thiazole rings is 1. The first-order valence-corrected chi connectivity index (χ1v) is 12.5. The Kier molecular flexibility index (Phi) is 6.54. The van der Waals surface area contributed by atoms with Crippen LogP contribution in [0.4, 0.5) is 5.13 Å². The standard InChI is InChI=1S/C22H22N4O2S3/c1-12-13(2)30-21-18(12)20(28)24-17(25-21)11-29-14(3)19(27)26-22-23-10-16(31-22)9-15-7-5-4-6-8-15/h4-8,10,14H,9,11H2,1-3H3,(H,23,26,27)(H,24,25,28). The zero-order valence-electron chi connectivity index (χ0n) is 17.4. The fourth-order valence-electron chi connectivity index (χ4n) is 3.10. The molecule has 0 spiro atoms.